The molecular formula is C17H17N7O. The van der Waals surface area contributed by atoms with Crippen LogP contribution in [-0.4, -0.2) is 50.2 Å². The second-order valence-electron chi connectivity index (χ2n) is 5.88. The summed E-state index contributed by atoms with van der Waals surface area (Å²) in [4.78, 5) is 27.3. The number of nitrogens with one attached hydrogen (secondary N) is 2. The van der Waals surface area contributed by atoms with Crippen molar-refractivity contribution in [1.82, 2.24) is 30.5 Å². The lowest BCUT2D eigenvalue weighted by molar-refractivity contribution is 0.0940. The van der Waals surface area contributed by atoms with Crippen LogP contribution in [0.5, 0.6) is 0 Å². The van der Waals surface area contributed by atoms with Crippen LogP contribution >= 0.6 is 0 Å². The van der Waals surface area contributed by atoms with E-state index in [-0.39, 0.29) is 11.9 Å². The van der Waals surface area contributed by atoms with E-state index in [0.29, 0.717) is 18.1 Å². The fourth-order valence-electron chi connectivity index (χ4n) is 2.88. The van der Waals surface area contributed by atoms with Gasteiger partial charge in [0.2, 0.25) is 5.95 Å². The molecule has 0 bridgehead atoms. The van der Waals surface area contributed by atoms with E-state index in [1.807, 2.05) is 18.2 Å². The molecule has 4 heterocycles. The largest absolute Gasteiger partial charge is 0.347 e. The van der Waals surface area contributed by atoms with Crippen LogP contribution in [0.3, 0.4) is 0 Å². The molecule has 8 heteroatoms. The number of amides is 1. The molecule has 1 aliphatic heterocycles. The van der Waals surface area contributed by atoms with Gasteiger partial charge in [-0.15, -0.1) is 0 Å². The van der Waals surface area contributed by atoms with E-state index in [4.69, 9.17) is 0 Å². The van der Waals surface area contributed by atoms with Crippen LogP contribution in [-0.2, 0) is 0 Å². The van der Waals surface area contributed by atoms with Crippen molar-refractivity contribution in [2.45, 2.75) is 12.5 Å². The van der Waals surface area contributed by atoms with Gasteiger partial charge in [0.05, 0.1) is 17.5 Å². The molecule has 1 saturated heterocycles. The number of rotatable bonds is 4. The maximum atomic E-state index is 12.1. The van der Waals surface area contributed by atoms with Gasteiger partial charge in [0, 0.05) is 49.5 Å². The van der Waals surface area contributed by atoms with Crippen molar-refractivity contribution in [2.24, 2.45) is 0 Å². The number of aromatic amines is 1. The molecule has 1 atom stereocenters. The third-order valence-electron chi connectivity index (χ3n) is 4.17. The summed E-state index contributed by atoms with van der Waals surface area (Å²) in [5, 5.41) is 9.46. The first kappa shape index (κ1) is 15.3. The van der Waals surface area contributed by atoms with Gasteiger partial charge < -0.3 is 10.2 Å². The van der Waals surface area contributed by atoms with Crippen molar-refractivity contribution in [1.29, 1.82) is 0 Å². The van der Waals surface area contributed by atoms with Crippen molar-refractivity contribution in [3.05, 3.63) is 54.7 Å². The zero-order chi connectivity index (χ0) is 17.1. The Morgan fingerprint density at radius 1 is 1.28 bits per heavy atom. The van der Waals surface area contributed by atoms with Gasteiger partial charge in [0.1, 0.15) is 0 Å². The van der Waals surface area contributed by atoms with Crippen molar-refractivity contribution in [3.8, 4) is 11.3 Å². The third kappa shape index (κ3) is 3.32. The highest BCUT2D eigenvalue weighted by Gasteiger charge is 2.26. The van der Waals surface area contributed by atoms with Crippen LogP contribution in [0.15, 0.2) is 49.2 Å². The topological polar surface area (TPSA) is 99.7 Å². The summed E-state index contributed by atoms with van der Waals surface area (Å²) < 4.78 is 0. The van der Waals surface area contributed by atoms with Crippen LogP contribution in [0.4, 0.5) is 5.95 Å². The first-order chi connectivity index (χ1) is 12.3. The molecule has 4 rings (SSSR count). The van der Waals surface area contributed by atoms with Gasteiger partial charge in [-0.05, 0) is 24.6 Å². The average Bonchev–Trinajstić information content (AvgIpc) is 3.35. The average molecular weight is 335 g/mol. The van der Waals surface area contributed by atoms with Crippen LogP contribution in [0, 0.1) is 0 Å². The van der Waals surface area contributed by atoms with E-state index >= 15 is 0 Å². The molecule has 0 saturated carbocycles. The van der Waals surface area contributed by atoms with Crippen molar-refractivity contribution in [3.63, 3.8) is 0 Å². The maximum Gasteiger partial charge on any atom is 0.254 e. The Labute approximate surface area is 144 Å². The molecule has 0 aromatic carbocycles. The zero-order valence-electron chi connectivity index (χ0n) is 13.5. The monoisotopic (exact) mass is 335 g/mol. The molecule has 1 aliphatic rings. The standard InChI is InChI=1S/C17H17N7O/c25-16(13-9-20-21-10-13)22-14-4-7-24(11-14)17-19-6-3-15(23-17)12-2-1-5-18-8-12/h1-3,5-6,8-10,14H,4,7,11H2,(H,20,21)(H,22,25). The molecule has 1 amide bonds. The number of carbonyl (C=O) groups is 1. The molecule has 25 heavy (non-hydrogen) atoms. The predicted octanol–water partition coefficient (Wildman–Crippen LogP) is 1.27. The zero-order valence-corrected chi connectivity index (χ0v) is 13.5. The number of H-pyrrole nitrogens is 1. The quantitative estimate of drug-likeness (QED) is 0.745. The predicted molar refractivity (Wildman–Crippen MR) is 91.9 cm³/mol. The Morgan fingerprint density at radius 3 is 3.04 bits per heavy atom. The first-order valence-electron chi connectivity index (χ1n) is 8.07. The number of pyridine rings is 1. The molecule has 1 unspecified atom stereocenters. The normalized spacial score (nSPS) is 16.8. The fourth-order valence-corrected chi connectivity index (χ4v) is 2.88. The summed E-state index contributed by atoms with van der Waals surface area (Å²) >= 11 is 0. The summed E-state index contributed by atoms with van der Waals surface area (Å²) in [6.45, 7) is 1.48. The minimum atomic E-state index is -0.120. The van der Waals surface area contributed by atoms with Crippen LogP contribution in [0.2, 0.25) is 0 Å². The Kier molecular flexibility index (Phi) is 4.07. The molecule has 8 nitrogen and oxygen atoms in total. The highest BCUT2D eigenvalue weighted by atomic mass is 16.1. The van der Waals surface area contributed by atoms with Crippen molar-refractivity contribution >= 4 is 11.9 Å². The van der Waals surface area contributed by atoms with Gasteiger partial charge in [-0.2, -0.15) is 5.10 Å². The van der Waals surface area contributed by atoms with E-state index < -0.39 is 0 Å². The molecule has 126 valence electrons. The van der Waals surface area contributed by atoms with Crippen LogP contribution in [0.25, 0.3) is 11.3 Å². The van der Waals surface area contributed by atoms with E-state index in [2.05, 4.69) is 35.4 Å². The fraction of sp³-hybridized carbons (Fsp3) is 0.235. The molecular weight excluding hydrogens is 318 g/mol. The number of anilines is 1. The lowest BCUT2D eigenvalue weighted by atomic mass is 10.2. The Balaban J connectivity index is 1.44. The second kappa shape index (κ2) is 6.68. The molecule has 3 aromatic rings. The van der Waals surface area contributed by atoms with Crippen LogP contribution in [0.1, 0.15) is 16.8 Å². The van der Waals surface area contributed by atoms with Gasteiger partial charge in [0.15, 0.2) is 0 Å². The highest BCUT2D eigenvalue weighted by Crippen LogP contribution is 2.21. The second-order valence-corrected chi connectivity index (χ2v) is 5.88. The number of nitrogens with zero attached hydrogens (tertiary/aromatic N) is 5. The lowest BCUT2D eigenvalue weighted by Gasteiger charge is -2.17. The van der Waals surface area contributed by atoms with Gasteiger partial charge >= 0.3 is 0 Å². The van der Waals surface area contributed by atoms with Gasteiger partial charge in [-0.25, -0.2) is 9.97 Å². The molecule has 0 aliphatic carbocycles. The minimum Gasteiger partial charge on any atom is -0.347 e. The third-order valence-corrected chi connectivity index (χ3v) is 4.17. The smallest absolute Gasteiger partial charge is 0.254 e. The summed E-state index contributed by atoms with van der Waals surface area (Å²) in [6, 6.07) is 5.79. The van der Waals surface area contributed by atoms with E-state index in [1.54, 1.807) is 24.8 Å². The first-order valence-corrected chi connectivity index (χ1v) is 8.07. The van der Waals surface area contributed by atoms with Gasteiger partial charge in [-0.1, -0.05) is 0 Å². The van der Waals surface area contributed by atoms with Crippen LogP contribution < -0.4 is 10.2 Å². The Hall–Kier alpha value is -3.29. The molecule has 2 N–H and O–H groups in total. The van der Waals surface area contributed by atoms with Gasteiger partial charge in [0.25, 0.3) is 5.91 Å². The number of hydrogen-bond acceptors (Lipinski definition) is 6. The van der Waals surface area contributed by atoms with E-state index in [0.717, 1.165) is 24.2 Å². The minimum absolute atomic E-state index is 0.0630. The SMILES string of the molecule is O=C(NC1CCN(c2nccc(-c3cccnc3)n2)C1)c1cn[nH]c1. The summed E-state index contributed by atoms with van der Waals surface area (Å²) in [5.41, 5.74) is 2.33. The molecule has 0 radical (unpaired) electrons. The summed E-state index contributed by atoms with van der Waals surface area (Å²) in [6.07, 6.45) is 9.22. The molecule has 1 fully saturated rings. The molecule has 3 aromatic heterocycles. The Morgan fingerprint density at radius 2 is 2.24 bits per heavy atom. The van der Waals surface area contributed by atoms with Crippen molar-refractivity contribution in [2.75, 3.05) is 18.0 Å². The number of aromatic nitrogens is 5. The Bertz CT molecular complexity index is 850. The van der Waals surface area contributed by atoms with Gasteiger partial charge in [-0.3, -0.25) is 14.9 Å². The molecule has 0 spiro atoms. The maximum absolute atomic E-state index is 12.1. The number of hydrogen-bond donors (Lipinski definition) is 2. The van der Waals surface area contributed by atoms with E-state index in [9.17, 15) is 4.79 Å². The lowest BCUT2D eigenvalue weighted by Crippen LogP contribution is -2.37. The highest BCUT2D eigenvalue weighted by molar-refractivity contribution is 5.93. The summed E-state index contributed by atoms with van der Waals surface area (Å²) in [5.74, 6) is 0.548. The van der Waals surface area contributed by atoms with E-state index in [1.165, 1.54) is 6.20 Å². The number of carbonyl (C=O) groups excluding carboxylic acids is 1. The van der Waals surface area contributed by atoms with Crippen molar-refractivity contribution < 1.29 is 4.79 Å². The summed E-state index contributed by atoms with van der Waals surface area (Å²) in [7, 11) is 0.